The first-order valence-corrected chi connectivity index (χ1v) is 8.01. The first-order valence-electron chi connectivity index (χ1n) is 8.01. The van der Waals surface area contributed by atoms with Gasteiger partial charge in [0.2, 0.25) is 0 Å². The molecule has 3 heterocycles. The predicted molar refractivity (Wildman–Crippen MR) is 89.9 cm³/mol. The van der Waals surface area contributed by atoms with E-state index >= 15 is 0 Å². The molecule has 0 aliphatic carbocycles. The molecule has 1 aliphatic rings. The number of nitrogens with zero attached hydrogens (tertiary/aromatic N) is 5. The van der Waals surface area contributed by atoms with Gasteiger partial charge < -0.3 is 4.74 Å². The Balaban J connectivity index is 1.68. The van der Waals surface area contributed by atoms with Crippen molar-refractivity contribution in [2.24, 2.45) is 0 Å². The summed E-state index contributed by atoms with van der Waals surface area (Å²) >= 11 is 0. The first-order chi connectivity index (χ1) is 11.7. The minimum atomic E-state index is -0.170. The Labute approximate surface area is 139 Å². The summed E-state index contributed by atoms with van der Waals surface area (Å²) < 4.78 is 8.50. The van der Waals surface area contributed by atoms with Gasteiger partial charge in [0.15, 0.2) is 5.65 Å². The van der Waals surface area contributed by atoms with Crippen molar-refractivity contribution in [1.29, 1.82) is 0 Å². The Hall–Kier alpha value is -2.51. The van der Waals surface area contributed by atoms with E-state index < -0.39 is 0 Å². The van der Waals surface area contributed by atoms with Gasteiger partial charge >= 0.3 is 5.69 Å². The van der Waals surface area contributed by atoms with E-state index in [0.29, 0.717) is 18.8 Å². The molecular weight excluding hydrogens is 306 g/mol. The zero-order valence-electron chi connectivity index (χ0n) is 13.5. The maximum atomic E-state index is 12.5. The van der Waals surface area contributed by atoms with Crippen LogP contribution in [0, 0.1) is 0 Å². The topological polar surface area (TPSA) is 64.7 Å². The molecule has 3 aromatic rings. The second kappa shape index (κ2) is 6.18. The van der Waals surface area contributed by atoms with Crippen molar-refractivity contribution in [2.75, 3.05) is 26.8 Å². The molecule has 0 amide bonds. The van der Waals surface area contributed by atoms with Gasteiger partial charge in [-0.15, -0.1) is 5.10 Å². The molecule has 0 saturated carbocycles. The largest absolute Gasteiger partial charge is 0.378 e. The fourth-order valence-electron chi connectivity index (χ4n) is 2.94. The third-order valence-electron chi connectivity index (χ3n) is 4.45. The van der Waals surface area contributed by atoms with Crippen molar-refractivity contribution in [3.05, 3.63) is 53.2 Å². The molecule has 1 saturated heterocycles. The zero-order valence-corrected chi connectivity index (χ0v) is 13.5. The van der Waals surface area contributed by atoms with E-state index in [9.17, 15) is 4.79 Å². The number of likely N-dealkylation sites (N-methyl/N-ethyl adjacent to an activating group) is 1. The van der Waals surface area contributed by atoms with E-state index in [1.165, 1.54) is 9.08 Å². The van der Waals surface area contributed by atoms with Crippen LogP contribution < -0.4 is 5.69 Å². The average Bonchev–Trinajstić information content (AvgIpc) is 2.93. The number of rotatable bonds is 3. The van der Waals surface area contributed by atoms with E-state index in [-0.39, 0.29) is 11.7 Å². The van der Waals surface area contributed by atoms with E-state index in [1.807, 2.05) is 43.4 Å². The fourth-order valence-corrected chi connectivity index (χ4v) is 2.94. The minimum absolute atomic E-state index is 0.155. The van der Waals surface area contributed by atoms with Crippen LogP contribution in [0.2, 0.25) is 0 Å². The number of hydrogen-bond donors (Lipinski definition) is 0. The molecule has 0 spiro atoms. The highest BCUT2D eigenvalue weighted by molar-refractivity contribution is 5.62. The Morgan fingerprint density at radius 1 is 1.29 bits per heavy atom. The number of benzene rings is 1. The smallest absolute Gasteiger partial charge is 0.351 e. The molecular formula is C17H19N5O2. The van der Waals surface area contributed by atoms with Gasteiger partial charge in [-0.2, -0.15) is 0 Å². The summed E-state index contributed by atoms with van der Waals surface area (Å²) in [6.07, 6.45) is 1.55. The predicted octanol–water partition coefficient (Wildman–Crippen LogP) is 0.889. The summed E-state index contributed by atoms with van der Waals surface area (Å²) in [5.74, 6) is 0. The summed E-state index contributed by atoms with van der Waals surface area (Å²) in [6.45, 7) is 2.73. The van der Waals surface area contributed by atoms with Crippen LogP contribution >= 0.6 is 0 Å². The number of hydrogen-bond acceptors (Lipinski definition) is 5. The van der Waals surface area contributed by atoms with Gasteiger partial charge in [0, 0.05) is 18.2 Å². The Kier molecular flexibility index (Phi) is 3.87. The van der Waals surface area contributed by atoms with Crippen LogP contribution in [0.15, 0.2) is 47.5 Å². The number of aromatic nitrogens is 4. The molecule has 7 heteroatoms. The zero-order chi connectivity index (χ0) is 16.5. The van der Waals surface area contributed by atoms with Gasteiger partial charge in [-0.25, -0.2) is 18.9 Å². The van der Waals surface area contributed by atoms with Crippen LogP contribution in [0.1, 0.15) is 0 Å². The second-order valence-corrected chi connectivity index (χ2v) is 6.04. The molecule has 0 radical (unpaired) electrons. The number of ether oxygens (including phenoxy) is 1. The highest BCUT2D eigenvalue weighted by Crippen LogP contribution is 2.16. The van der Waals surface area contributed by atoms with Gasteiger partial charge in [0.25, 0.3) is 0 Å². The van der Waals surface area contributed by atoms with Gasteiger partial charge in [-0.05, 0) is 7.05 Å². The van der Waals surface area contributed by atoms with Crippen LogP contribution in [0.4, 0.5) is 0 Å². The van der Waals surface area contributed by atoms with Crippen molar-refractivity contribution in [3.63, 3.8) is 0 Å². The molecule has 1 aromatic carbocycles. The lowest BCUT2D eigenvalue weighted by atomic mass is 10.1. The maximum Gasteiger partial charge on any atom is 0.351 e. The standard InChI is InChI=1S/C17H19N5O2/c1-20-7-8-24-11-14(20)10-22-17(23)21-12-18-15(9-16(21)19-22)13-5-3-2-4-6-13/h2-6,9,12,14H,7-8,10-11H2,1H3/t14-/m1/s1. The Morgan fingerprint density at radius 2 is 2.12 bits per heavy atom. The third-order valence-corrected chi connectivity index (χ3v) is 4.45. The van der Waals surface area contributed by atoms with Gasteiger partial charge in [0.05, 0.1) is 31.5 Å². The lowest BCUT2D eigenvalue weighted by Crippen LogP contribution is -2.46. The molecule has 124 valence electrons. The lowest BCUT2D eigenvalue weighted by Gasteiger charge is -2.31. The van der Waals surface area contributed by atoms with E-state index in [2.05, 4.69) is 15.0 Å². The first kappa shape index (κ1) is 15.0. The van der Waals surface area contributed by atoms with Crippen LogP contribution in [0.25, 0.3) is 16.9 Å². The van der Waals surface area contributed by atoms with E-state index in [4.69, 9.17) is 4.74 Å². The van der Waals surface area contributed by atoms with Crippen molar-refractivity contribution in [3.8, 4) is 11.3 Å². The highest BCUT2D eigenvalue weighted by atomic mass is 16.5. The SMILES string of the molecule is CN1CCOC[C@H]1Cn1nc2cc(-c3ccccc3)ncn2c1=O. The van der Waals surface area contributed by atoms with Crippen molar-refractivity contribution in [2.45, 2.75) is 12.6 Å². The summed E-state index contributed by atoms with van der Waals surface area (Å²) in [5, 5.41) is 4.47. The summed E-state index contributed by atoms with van der Waals surface area (Å²) in [4.78, 5) is 19.1. The molecule has 7 nitrogen and oxygen atoms in total. The van der Waals surface area contributed by atoms with Gasteiger partial charge in [-0.3, -0.25) is 4.90 Å². The average molecular weight is 325 g/mol. The quantitative estimate of drug-likeness (QED) is 0.715. The molecule has 2 aromatic heterocycles. The molecule has 0 unspecified atom stereocenters. The van der Waals surface area contributed by atoms with Crippen molar-refractivity contribution in [1.82, 2.24) is 24.1 Å². The monoisotopic (exact) mass is 325 g/mol. The summed E-state index contributed by atoms with van der Waals surface area (Å²) in [6, 6.07) is 11.9. The lowest BCUT2D eigenvalue weighted by molar-refractivity contribution is -0.00177. The summed E-state index contributed by atoms with van der Waals surface area (Å²) in [5.41, 5.74) is 2.24. The molecule has 0 bridgehead atoms. The van der Waals surface area contributed by atoms with Crippen LogP contribution in [0.3, 0.4) is 0 Å². The molecule has 4 rings (SSSR count). The Morgan fingerprint density at radius 3 is 2.92 bits per heavy atom. The van der Waals surface area contributed by atoms with Crippen LogP contribution in [-0.4, -0.2) is 56.9 Å². The second-order valence-electron chi connectivity index (χ2n) is 6.04. The van der Waals surface area contributed by atoms with Crippen molar-refractivity contribution < 1.29 is 4.74 Å². The van der Waals surface area contributed by atoms with Gasteiger partial charge in [0.1, 0.15) is 6.33 Å². The fraction of sp³-hybridized carbons (Fsp3) is 0.353. The highest BCUT2D eigenvalue weighted by Gasteiger charge is 2.22. The third kappa shape index (κ3) is 2.72. The van der Waals surface area contributed by atoms with Crippen LogP contribution in [-0.2, 0) is 11.3 Å². The summed E-state index contributed by atoms with van der Waals surface area (Å²) in [7, 11) is 2.04. The number of morpholine rings is 1. The van der Waals surface area contributed by atoms with E-state index in [1.54, 1.807) is 6.33 Å². The van der Waals surface area contributed by atoms with Crippen LogP contribution in [0.5, 0.6) is 0 Å². The molecule has 1 atom stereocenters. The molecule has 24 heavy (non-hydrogen) atoms. The normalized spacial score (nSPS) is 19.0. The van der Waals surface area contributed by atoms with E-state index in [0.717, 1.165) is 24.4 Å². The molecule has 1 fully saturated rings. The minimum Gasteiger partial charge on any atom is -0.378 e. The Bertz CT molecular complexity index is 902. The van der Waals surface area contributed by atoms with Gasteiger partial charge in [-0.1, -0.05) is 30.3 Å². The maximum absolute atomic E-state index is 12.5. The molecule has 0 N–H and O–H groups in total. The van der Waals surface area contributed by atoms with Crippen molar-refractivity contribution >= 4 is 5.65 Å². The number of fused-ring (bicyclic) bond motifs is 1. The molecule has 1 aliphatic heterocycles.